The van der Waals surface area contributed by atoms with Crippen molar-refractivity contribution in [3.05, 3.63) is 4.91 Å². The molecular weight excluding hydrogens is 192 g/mol. The highest BCUT2D eigenvalue weighted by Gasteiger charge is 2.23. The lowest BCUT2D eigenvalue weighted by Gasteiger charge is -2.31. The van der Waals surface area contributed by atoms with Crippen LogP contribution in [0.1, 0.15) is 41.0 Å². The Morgan fingerprint density at radius 3 is 2.13 bits per heavy atom. The van der Waals surface area contributed by atoms with Crippen molar-refractivity contribution in [1.29, 1.82) is 0 Å². The van der Waals surface area contributed by atoms with E-state index in [1.165, 1.54) is 5.01 Å². The van der Waals surface area contributed by atoms with Gasteiger partial charge in [-0.2, -0.15) is 0 Å². The predicted molar refractivity (Wildman–Crippen MR) is 62.3 cm³/mol. The van der Waals surface area contributed by atoms with E-state index in [4.69, 9.17) is 0 Å². The van der Waals surface area contributed by atoms with Gasteiger partial charge in [-0.25, -0.2) is 0 Å². The number of aliphatic hydroxyl groups is 1. The fourth-order valence-electron chi connectivity index (χ4n) is 1.55. The lowest BCUT2D eigenvalue weighted by atomic mass is 9.95. The molecule has 90 valence electrons. The van der Waals surface area contributed by atoms with Gasteiger partial charge in [0.25, 0.3) is 0 Å². The molecule has 0 fully saturated rings. The molecule has 0 bridgehead atoms. The van der Waals surface area contributed by atoms with Gasteiger partial charge in [0.15, 0.2) is 0 Å². The van der Waals surface area contributed by atoms with Crippen molar-refractivity contribution in [2.24, 2.45) is 16.6 Å². The molecule has 0 radical (unpaired) electrons. The van der Waals surface area contributed by atoms with Crippen LogP contribution in [0.5, 0.6) is 0 Å². The average molecular weight is 216 g/mol. The van der Waals surface area contributed by atoms with E-state index in [2.05, 4.69) is 39.9 Å². The van der Waals surface area contributed by atoms with Crippen LogP contribution in [-0.4, -0.2) is 29.3 Å². The van der Waals surface area contributed by atoms with E-state index < -0.39 is 0 Å². The molecule has 0 aliphatic heterocycles. The van der Waals surface area contributed by atoms with Crippen LogP contribution in [-0.2, 0) is 0 Å². The Morgan fingerprint density at radius 2 is 1.87 bits per heavy atom. The lowest BCUT2D eigenvalue weighted by Crippen LogP contribution is -2.39. The highest BCUT2D eigenvalue weighted by atomic mass is 16.3. The topological polar surface area (TPSA) is 52.9 Å². The van der Waals surface area contributed by atoms with E-state index >= 15 is 0 Å². The molecule has 4 heteroatoms. The first-order chi connectivity index (χ1) is 6.80. The Hall–Kier alpha value is -0.640. The van der Waals surface area contributed by atoms with Crippen molar-refractivity contribution in [3.8, 4) is 0 Å². The van der Waals surface area contributed by atoms with Gasteiger partial charge in [-0.1, -0.05) is 34.6 Å². The second-order valence-electron chi connectivity index (χ2n) is 5.71. The minimum Gasteiger partial charge on any atom is -0.394 e. The van der Waals surface area contributed by atoms with Crippen LogP contribution < -0.4 is 0 Å². The number of hydrogen-bond donors (Lipinski definition) is 1. The summed E-state index contributed by atoms with van der Waals surface area (Å²) in [6.07, 6.45) is 0.790. The summed E-state index contributed by atoms with van der Waals surface area (Å²) in [6, 6.07) is -0.151. The fraction of sp³-hybridized carbons (Fsp3) is 1.00. The summed E-state index contributed by atoms with van der Waals surface area (Å²) < 4.78 is 0. The van der Waals surface area contributed by atoms with E-state index in [1.807, 2.05) is 0 Å². The van der Waals surface area contributed by atoms with Crippen molar-refractivity contribution < 1.29 is 5.11 Å². The Balaban J connectivity index is 4.40. The Kier molecular flexibility index (Phi) is 5.80. The summed E-state index contributed by atoms with van der Waals surface area (Å²) in [6.45, 7) is 10.9. The standard InChI is InChI=1S/C11H24N2O2/c1-9(2)6-10(7-14)13(12-15)8-11(3,4)5/h9-10,14H,6-8H2,1-5H3/t10-/m0/s1. The van der Waals surface area contributed by atoms with Crippen LogP contribution >= 0.6 is 0 Å². The molecule has 0 heterocycles. The van der Waals surface area contributed by atoms with Gasteiger partial charge in [0.1, 0.15) is 0 Å². The summed E-state index contributed by atoms with van der Waals surface area (Å²) >= 11 is 0. The van der Waals surface area contributed by atoms with Crippen molar-refractivity contribution in [2.75, 3.05) is 13.2 Å². The maximum Gasteiger partial charge on any atom is 0.0736 e. The summed E-state index contributed by atoms with van der Waals surface area (Å²) in [5.74, 6) is 0.450. The van der Waals surface area contributed by atoms with Gasteiger partial charge in [-0.3, -0.25) is 5.01 Å². The Bertz CT molecular complexity index is 188. The van der Waals surface area contributed by atoms with Gasteiger partial charge in [-0.05, 0) is 17.8 Å². The average Bonchev–Trinajstić information content (AvgIpc) is 2.08. The quantitative estimate of drug-likeness (QED) is 0.548. The minimum absolute atomic E-state index is 0.0122. The van der Waals surface area contributed by atoms with Crippen LogP contribution in [0, 0.1) is 16.2 Å². The largest absolute Gasteiger partial charge is 0.394 e. The Labute approximate surface area is 92.6 Å². The first kappa shape index (κ1) is 14.4. The first-order valence-corrected chi connectivity index (χ1v) is 5.51. The zero-order valence-corrected chi connectivity index (χ0v) is 10.5. The van der Waals surface area contributed by atoms with Crippen molar-refractivity contribution in [3.63, 3.8) is 0 Å². The second kappa shape index (κ2) is 6.05. The summed E-state index contributed by atoms with van der Waals surface area (Å²) in [5.41, 5.74) is 0.0122. The molecule has 4 nitrogen and oxygen atoms in total. The van der Waals surface area contributed by atoms with Crippen LogP contribution in [0.2, 0.25) is 0 Å². The number of aliphatic hydroxyl groups excluding tert-OH is 1. The van der Waals surface area contributed by atoms with Gasteiger partial charge in [0.2, 0.25) is 0 Å². The van der Waals surface area contributed by atoms with Gasteiger partial charge in [0, 0.05) is 6.54 Å². The maximum absolute atomic E-state index is 10.7. The third-order valence-corrected chi connectivity index (χ3v) is 2.12. The van der Waals surface area contributed by atoms with E-state index in [1.54, 1.807) is 0 Å². The molecule has 0 aromatic heterocycles. The molecule has 0 saturated heterocycles. The molecule has 0 spiro atoms. The third-order valence-electron chi connectivity index (χ3n) is 2.12. The van der Waals surface area contributed by atoms with E-state index in [-0.39, 0.29) is 18.1 Å². The third kappa shape index (κ3) is 6.44. The molecule has 0 amide bonds. The van der Waals surface area contributed by atoms with Crippen molar-refractivity contribution in [1.82, 2.24) is 5.01 Å². The predicted octanol–water partition coefficient (Wildman–Crippen LogP) is 2.42. The molecule has 1 N–H and O–H groups in total. The van der Waals surface area contributed by atoms with Gasteiger partial charge < -0.3 is 5.11 Å². The van der Waals surface area contributed by atoms with E-state index in [0.29, 0.717) is 12.5 Å². The minimum atomic E-state index is -0.151. The van der Waals surface area contributed by atoms with Crippen molar-refractivity contribution >= 4 is 0 Å². The monoisotopic (exact) mass is 216 g/mol. The molecular formula is C11H24N2O2. The zero-order chi connectivity index (χ0) is 12.1. The smallest absolute Gasteiger partial charge is 0.0736 e. The first-order valence-electron chi connectivity index (χ1n) is 5.51. The Morgan fingerprint density at radius 1 is 1.33 bits per heavy atom. The van der Waals surface area contributed by atoms with E-state index in [9.17, 15) is 10.0 Å². The van der Waals surface area contributed by atoms with Crippen LogP contribution in [0.3, 0.4) is 0 Å². The SMILES string of the molecule is CC(C)C[C@@H](CO)N(CC(C)(C)C)N=O. The molecule has 0 aliphatic carbocycles. The summed E-state index contributed by atoms with van der Waals surface area (Å²) in [5, 5.41) is 13.7. The number of nitroso groups, excluding NO2 is 1. The van der Waals surface area contributed by atoms with Crippen molar-refractivity contribution in [2.45, 2.75) is 47.1 Å². The molecule has 1 atom stereocenters. The van der Waals surface area contributed by atoms with Crippen LogP contribution in [0.25, 0.3) is 0 Å². The molecule has 0 aromatic carbocycles. The molecule has 15 heavy (non-hydrogen) atoms. The van der Waals surface area contributed by atoms with Gasteiger partial charge in [0.05, 0.1) is 17.9 Å². The molecule has 0 aliphatic rings. The zero-order valence-electron chi connectivity index (χ0n) is 10.5. The number of nitrogens with zero attached hydrogens (tertiary/aromatic N) is 2. The number of hydrogen-bond acceptors (Lipinski definition) is 3. The van der Waals surface area contributed by atoms with Crippen LogP contribution in [0.15, 0.2) is 5.29 Å². The van der Waals surface area contributed by atoms with Crippen LogP contribution in [0.4, 0.5) is 0 Å². The lowest BCUT2D eigenvalue weighted by molar-refractivity contribution is 0.0785. The number of rotatable bonds is 6. The molecule has 0 saturated carbocycles. The highest BCUT2D eigenvalue weighted by Crippen LogP contribution is 2.20. The summed E-state index contributed by atoms with van der Waals surface area (Å²) in [4.78, 5) is 10.7. The molecule has 0 rings (SSSR count). The fourth-order valence-corrected chi connectivity index (χ4v) is 1.55. The van der Waals surface area contributed by atoms with Gasteiger partial charge >= 0.3 is 0 Å². The van der Waals surface area contributed by atoms with Gasteiger partial charge in [-0.15, -0.1) is 4.91 Å². The summed E-state index contributed by atoms with van der Waals surface area (Å²) in [7, 11) is 0. The second-order valence-corrected chi connectivity index (χ2v) is 5.71. The molecule has 0 unspecified atom stereocenters. The molecule has 0 aromatic rings. The maximum atomic E-state index is 10.7. The van der Waals surface area contributed by atoms with E-state index in [0.717, 1.165) is 6.42 Å². The highest BCUT2D eigenvalue weighted by molar-refractivity contribution is 4.74. The normalized spacial score (nSPS) is 14.1.